The van der Waals surface area contributed by atoms with Gasteiger partial charge in [-0.3, -0.25) is 4.79 Å². The number of hydrogen-bond acceptors (Lipinski definition) is 3. The zero-order chi connectivity index (χ0) is 14.3. The van der Waals surface area contributed by atoms with E-state index in [0.29, 0.717) is 13.2 Å². The van der Waals surface area contributed by atoms with Gasteiger partial charge in [0, 0.05) is 20.1 Å². The molecule has 0 fully saturated rings. The van der Waals surface area contributed by atoms with Gasteiger partial charge in [0.15, 0.2) is 0 Å². The van der Waals surface area contributed by atoms with Crippen LogP contribution >= 0.6 is 0 Å². The summed E-state index contributed by atoms with van der Waals surface area (Å²) in [5.74, 6) is -0.936. The summed E-state index contributed by atoms with van der Waals surface area (Å²) in [5, 5.41) is 11.5. The minimum atomic E-state index is -0.967. The minimum absolute atomic E-state index is 0.0938. The molecule has 0 atom stereocenters. The molecule has 0 saturated heterocycles. The Labute approximate surface area is 108 Å². The molecule has 0 rings (SSSR count). The van der Waals surface area contributed by atoms with Crippen LogP contribution in [0.2, 0.25) is 0 Å². The number of carboxylic acid groups (broad SMARTS) is 1. The Hall–Kier alpha value is -1.30. The van der Waals surface area contributed by atoms with E-state index in [1.54, 1.807) is 20.9 Å². The highest BCUT2D eigenvalue weighted by Crippen LogP contribution is 2.13. The van der Waals surface area contributed by atoms with Crippen LogP contribution < -0.4 is 5.32 Å². The van der Waals surface area contributed by atoms with Crippen molar-refractivity contribution in [2.75, 3.05) is 26.7 Å². The predicted molar refractivity (Wildman–Crippen MR) is 68.5 cm³/mol. The van der Waals surface area contributed by atoms with Crippen LogP contribution in [0.1, 0.15) is 27.7 Å². The molecule has 0 heterocycles. The molecule has 0 saturated carbocycles. The number of carboxylic acids is 1. The van der Waals surface area contributed by atoms with Gasteiger partial charge in [-0.1, -0.05) is 0 Å². The number of rotatable bonds is 7. The van der Waals surface area contributed by atoms with Crippen molar-refractivity contribution in [2.45, 2.75) is 33.8 Å². The molecule has 0 bridgehead atoms. The number of likely N-dealkylation sites (N-methyl/N-ethyl adjacent to an activating group) is 1. The minimum Gasteiger partial charge on any atom is -0.481 e. The second-order valence-corrected chi connectivity index (χ2v) is 5.19. The lowest BCUT2D eigenvalue weighted by molar-refractivity contribution is -0.146. The third kappa shape index (κ3) is 6.44. The molecule has 0 aromatic carbocycles. The average Bonchev–Trinajstić information content (AvgIpc) is 2.25. The Bertz CT molecular complexity index is 290. The zero-order valence-electron chi connectivity index (χ0n) is 11.8. The third-order valence-corrected chi connectivity index (χ3v) is 2.49. The van der Waals surface area contributed by atoms with E-state index in [1.807, 2.05) is 13.8 Å². The molecule has 0 unspecified atom stereocenters. The molecule has 0 aliphatic rings. The van der Waals surface area contributed by atoms with Crippen molar-refractivity contribution in [2.24, 2.45) is 5.41 Å². The van der Waals surface area contributed by atoms with Crippen molar-refractivity contribution in [3.8, 4) is 0 Å². The van der Waals surface area contributed by atoms with Gasteiger partial charge in [0.1, 0.15) is 0 Å². The van der Waals surface area contributed by atoms with Crippen molar-refractivity contribution in [1.29, 1.82) is 0 Å². The maximum atomic E-state index is 11.7. The largest absolute Gasteiger partial charge is 0.481 e. The molecule has 18 heavy (non-hydrogen) atoms. The molecule has 6 nitrogen and oxygen atoms in total. The fourth-order valence-electron chi connectivity index (χ4n) is 1.03. The number of urea groups is 1. The van der Waals surface area contributed by atoms with Crippen molar-refractivity contribution in [3.63, 3.8) is 0 Å². The van der Waals surface area contributed by atoms with E-state index in [1.165, 1.54) is 4.90 Å². The highest BCUT2D eigenvalue weighted by atomic mass is 16.5. The normalized spacial score (nSPS) is 11.4. The van der Waals surface area contributed by atoms with Crippen LogP contribution in [-0.2, 0) is 9.53 Å². The molecule has 0 aromatic heterocycles. The first-order valence-electron chi connectivity index (χ1n) is 6.01. The van der Waals surface area contributed by atoms with E-state index in [-0.39, 0.29) is 18.7 Å². The first-order chi connectivity index (χ1) is 8.16. The van der Waals surface area contributed by atoms with Gasteiger partial charge < -0.3 is 20.1 Å². The number of amides is 2. The number of aliphatic carboxylic acids is 1. The molecule has 2 amide bonds. The topological polar surface area (TPSA) is 78.9 Å². The number of hydrogen-bond donors (Lipinski definition) is 2. The molecule has 0 aliphatic heterocycles. The maximum Gasteiger partial charge on any atom is 0.317 e. The smallest absolute Gasteiger partial charge is 0.317 e. The number of ether oxygens (including phenoxy) is 1. The summed E-state index contributed by atoms with van der Waals surface area (Å²) in [6, 6.07) is -0.295. The molecular formula is C12H24N2O4. The summed E-state index contributed by atoms with van der Waals surface area (Å²) < 4.78 is 5.33. The Morgan fingerprint density at radius 3 is 2.39 bits per heavy atom. The lowest BCUT2D eigenvalue weighted by Crippen LogP contribution is -2.45. The van der Waals surface area contributed by atoms with Crippen molar-refractivity contribution in [3.05, 3.63) is 0 Å². The highest BCUT2D eigenvalue weighted by Gasteiger charge is 2.27. The number of nitrogens with one attached hydrogen (secondary N) is 1. The van der Waals surface area contributed by atoms with Crippen molar-refractivity contribution in [1.82, 2.24) is 10.2 Å². The first-order valence-corrected chi connectivity index (χ1v) is 6.01. The first kappa shape index (κ1) is 16.7. The number of nitrogens with zero attached hydrogens (tertiary/aromatic N) is 1. The van der Waals surface area contributed by atoms with Crippen LogP contribution in [-0.4, -0.2) is 54.9 Å². The van der Waals surface area contributed by atoms with Crippen LogP contribution in [0.4, 0.5) is 4.79 Å². The zero-order valence-corrected chi connectivity index (χ0v) is 11.8. The predicted octanol–water partition coefficient (Wildman–Crippen LogP) is 1.16. The maximum absolute atomic E-state index is 11.7. The van der Waals surface area contributed by atoms with E-state index in [4.69, 9.17) is 9.84 Å². The van der Waals surface area contributed by atoms with Crippen LogP contribution in [0.25, 0.3) is 0 Å². The Balaban J connectivity index is 3.98. The Morgan fingerprint density at radius 2 is 1.94 bits per heavy atom. The summed E-state index contributed by atoms with van der Waals surface area (Å²) >= 11 is 0. The molecule has 0 radical (unpaired) electrons. The summed E-state index contributed by atoms with van der Waals surface area (Å²) in [6.45, 7) is 8.01. The second-order valence-electron chi connectivity index (χ2n) is 5.19. The SMILES string of the molecule is CC(C)OCCN(C)C(=O)NCC(C)(C)C(=O)O. The molecule has 2 N–H and O–H groups in total. The molecular weight excluding hydrogens is 236 g/mol. The van der Waals surface area contributed by atoms with E-state index < -0.39 is 11.4 Å². The highest BCUT2D eigenvalue weighted by molar-refractivity contribution is 5.77. The quantitative estimate of drug-likeness (QED) is 0.720. The van der Waals surface area contributed by atoms with Gasteiger partial charge in [-0.2, -0.15) is 0 Å². The molecule has 106 valence electrons. The summed E-state index contributed by atoms with van der Waals surface area (Å²) in [4.78, 5) is 24.0. The molecule has 0 aromatic rings. The average molecular weight is 260 g/mol. The van der Waals surface area contributed by atoms with E-state index in [9.17, 15) is 9.59 Å². The van der Waals surface area contributed by atoms with E-state index >= 15 is 0 Å². The van der Waals surface area contributed by atoms with Crippen LogP contribution in [0, 0.1) is 5.41 Å². The van der Waals surface area contributed by atoms with Gasteiger partial charge in [0.2, 0.25) is 0 Å². The molecule has 0 aliphatic carbocycles. The number of carbonyl (C=O) groups excluding carboxylic acids is 1. The third-order valence-electron chi connectivity index (χ3n) is 2.49. The van der Waals surface area contributed by atoms with Crippen LogP contribution in [0.15, 0.2) is 0 Å². The van der Waals surface area contributed by atoms with Crippen LogP contribution in [0.5, 0.6) is 0 Å². The van der Waals surface area contributed by atoms with Crippen molar-refractivity contribution >= 4 is 12.0 Å². The van der Waals surface area contributed by atoms with Crippen molar-refractivity contribution < 1.29 is 19.4 Å². The van der Waals surface area contributed by atoms with Gasteiger partial charge in [-0.15, -0.1) is 0 Å². The molecule has 0 spiro atoms. The van der Waals surface area contributed by atoms with Gasteiger partial charge in [0.25, 0.3) is 0 Å². The summed E-state index contributed by atoms with van der Waals surface area (Å²) in [6.07, 6.45) is 0.132. The van der Waals surface area contributed by atoms with Gasteiger partial charge >= 0.3 is 12.0 Å². The van der Waals surface area contributed by atoms with E-state index in [2.05, 4.69) is 5.32 Å². The van der Waals surface area contributed by atoms with Gasteiger partial charge in [-0.25, -0.2) is 4.79 Å². The standard InChI is InChI=1S/C12H24N2O4/c1-9(2)18-7-6-14(5)11(17)13-8-12(3,4)10(15)16/h9H,6-8H2,1-5H3,(H,13,17)(H,15,16). The summed E-state index contributed by atoms with van der Waals surface area (Å²) in [7, 11) is 1.65. The van der Waals surface area contributed by atoms with Gasteiger partial charge in [-0.05, 0) is 27.7 Å². The van der Waals surface area contributed by atoms with Gasteiger partial charge in [0.05, 0.1) is 18.1 Å². The fourth-order valence-corrected chi connectivity index (χ4v) is 1.03. The Kier molecular flexibility index (Phi) is 6.68. The number of carbonyl (C=O) groups is 2. The Morgan fingerprint density at radius 1 is 1.39 bits per heavy atom. The molecule has 6 heteroatoms. The van der Waals surface area contributed by atoms with E-state index in [0.717, 1.165) is 0 Å². The lowest BCUT2D eigenvalue weighted by atomic mass is 9.94. The van der Waals surface area contributed by atoms with Crippen LogP contribution in [0.3, 0.4) is 0 Å². The fraction of sp³-hybridized carbons (Fsp3) is 0.833. The second kappa shape index (κ2) is 7.20. The monoisotopic (exact) mass is 260 g/mol. The lowest BCUT2D eigenvalue weighted by Gasteiger charge is -2.23. The summed E-state index contributed by atoms with van der Waals surface area (Å²) in [5.41, 5.74) is -0.967.